The molecule has 2 aliphatic carbocycles. The molecule has 0 aromatic carbocycles. The van der Waals surface area contributed by atoms with Crippen LogP contribution in [0.25, 0.3) is 0 Å². The van der Waals surface area contributed by atoms with Gasteiger partial charge < -0.3 is 10.6 Å². The van der Waals surface area contributed by atoms with Crippen LogP contribution in [-0.2, 0) is 9.59 Å². The largest absolute Gasteiger partial charge is 0.355 e. The number of carbonyl (C=O) groups is 2. The van der Waals surface area contributed by atoms with E-state index in [9.17, 15) is 9.59 Å². The van der Waals surface area contributed by atoms with Crippen LogP contribution in [0.4, 0.5) is 0 Å². The van der Waals surface area contributed by atoms with Crippen molar-refractivity contribution in [1.82, 2.24) is 10.6 Å². The maximum absolute atomic E-state index is 11.7. The molecule has 4 nitrogen and oxygen atoms in total. The van der Waals surface area contributed by atoms with Crippen molar-refractivity contribution in [3.8, 4) is 0 Å². The van der Waals surface area contributed by atoms with E-state index >= 15 is 0 Å². The summed E-state index contributed by atoms with van der Waals surface area (Å²) in [4.78, 5) is 23.2. The number of hydrogen-bond acceptors (Lipinski definition) is 2. The van der Waals surface area contributed by atoms with Gasteiger partial charge in [0.05, 0.1) is 0 Å². The first-order valence-electron chi connectivity index (χ1n) is 7.13. The van der Waals surface area contributed by atoms with Gasteiger partial charge >= 0.3 is 0 Å². The van der Waals surface area contributed by atoms with E-state index < -0.39 is 0 Å². The first kappa shape index (κ1) is 13.4. The second kappa shape index (κ2) is 5.72. The van der Waals surface area contributed by atoms with Gasteiger partial charge in [-0.3, -0.25) is 9.59 Å². The summed E-state index contributed by atoms with van der Waals surface area (Å²) in [7, 11) is 0. The zero-order valence-electron chi connectivity index (χ0n) is 11.4. The van der Waals surface area contributed by atoms with Gasteiger partial charge in [0.1, 0.15) is 0 Å². The van der Waals surface area contributed by atoms with E-state index in [0.717, 1.165) is 25.2 Å². The highest BCUT2D eigenvalue weighted by atomic mass is 16.2. The lowest BCUT2D eigenvalue weighted by molar-refractivity contribution is -0.123. The second-order valence-corrected chi connectivity index (χ2v) is 6.04. The Morgan fingerprint density at radius 1 is 1.17 bits per heavy atom. The Kier molecular flexibility index (Phi) is 4.25. The van der Waals surface area contributed by atoms with E-state index in [4.69, 9.17) is 0 Å². The summed E-state index contributed by atoms with van der Waals surface area (Å²) in [5, 5.41) is 5.89. The van der Waals surface area contributed by atoms with Crippen LogP contribution >= 0.6 is 0 Å². The third kappa shape index (κ3) is 3.72. The molecule has 102 valence electrons. The molecular weight excluding hydrogens is 228 g/mol. The molecule has 4 unspecified atom stereocenters. The molecule has 0 aromatic rings. The highest BCUT2D eigenvalue weighted by Gasteiger charge is 2.38. The van der Waals surface area contributed by atoms with Crippen LogP contribution < -0.4 is 10.6 Å². The lowest BCUT2D eigenvalue weighted by Crippen LogP contribution is -2.36. The molecule has 0 bridgehead atoms. The number of rotatable bonds is 5. The molecule has 0 saturated heterocycles. The number of carbonyl (C=O) groups excluding carboxylic acids is 2. The van der Waals surface area contributed by atoms with Crippen molar-refractivity contribution in [3.63, 3.8) is 0 Å². The number of hydrogen-bond donors (Lipinski definition) is 2. The normalized spacial score (nSPS) is 34.1. The van der Waals surface area contributed by atoms with Crippen molar-refractivity contribution in [3.05, 3.63) is 0 Å². The van der Waals surface area contributed by atoms with E-state index in [-0.39, 0.29) is 17.7 Å². The topological polar surface area (TPSA) is 58.2 Å². The van der Waals surface area contributed by atoms with Gasteiger partial charge in [-0.2, -0.15) is 0 Å². The van der Waals surface area contributed by atoms with Gasteiger partial charge in [0.25, 0.3) is 0 Å². The minimum absolute atomic E-state index is 0.0678. The summed E-state index contributed by atoms with van der Waals surface area (Å²) < 4.78 is 0. The summed E-state index contributed by atoms with van der Waals surface area (Å²) in [5.74, 6) is 1.64. The SMILES string of the molecule is CC1CCC(NC(=O)CCNC(=O)C2CC2C)C1. The average molecular weight is 252 g/mol. The van der Waals surface area contributed by atoms with Gasteiger partial charge in [-0.25, -0.2) is 0 Å². The smallest absolute Gasteiger partial charge is 0.223 e. The molecule has 0 heterocycles. The highest BCUT2D eigenvalue weighted by molar-refractivity contribution is 5.82. The van der Waals surface area contributed by atoms with Gasteiger partial charge in [-0.1, -0.05) is 13.8 Å². The van der Waals surface area contributed by atoms with Crippen LogP contribution in [0.5, 0.6) is 0 Å². The Bertz CT molecular complexity index is 330. The molecule has 2 N–H and O–H groups in total. The lowest BCUT2D eigenvalue weighted by Gasteiger charge is -2.12. The Labute approximate surface area is 109 Å². The van der Waals surface area contributed by atoms with Gasteiger partial charge in [0.15, 0.2) is 0 Å². The third-order valence-corrected chi connectivity index (χ3v) is 4.16. The average Bonchev–Trinajstić information content (AvgIpc) is 2.90. The van der Waals surface area contributed by atoms with Crippen molar-refractivity contribution in [2.45, 2.75) is 52.0 Å². The monoisotopic (exact) mass is 252 g/mol. The Morgan fingerprint density at radius 3 is 2.44 bits per heavy atom. The van der Waals surface area contributed by atoms with Crippen molar-refractivity contribution in [2.24, 2.45) is 17.8 Å². The molecule has 2 fully saturated rings. The van der Waals surface area contributed by atoms with Gasteiger partial charge in [0.2, 0.25) is 11.8 Å². The molecule has 4 atom stereocenters. The highest BCUT2D eigenvalue weighted by Crippen LogP contribution is 2.37. The minimum Gasteiger partial charge on any atom is -0.355 e. The number of nitrogens with one attached hydrogen (secondary N) is 2. The van der Waals surface area contributed by atoms with E-state index in [1.165, 1.54) is 6.42 Å². The standard InChI is InChI=1S/C14H24N2O2/c1-9-3-4-11(7-9)16-13(17)5-6-15-14(18)12-8-10(12)2/h9-12H,3-8H2,1-2H3,(H,15,18)(H,16,17). The quantitative estimate of drug-likeness (QED) is 0.778. The van der Waals surface area contributed by atoms with Crippen LogP contribution in [0.15, 0.2) is 0 Å². The molecule has 0 spiro atoms. The molecule has 0 aliphatic heterocycles. The summed E-state index contributed by atoms with van der Waals surface area (Å²) in [6, 6.07) is 0.353. The van der Waals surface area contributed by atoms with E-state index in [0.29, 0.717) is 24.9 Å². The fraction of sp³-hybridized carbons (Fsp3) is 0.857. The van der Waals surface area contributed by atoms with Crippen molar-refractivity contribution in [2.75, 3.05) is 6.54 Å². The zero-order valence-corrected chi connectivity index (χ0v) is 11.4. The Hall–Kier alpha value is -1.06. The van der Waals surface area contributed by atoms with Crippen LogP contribution in [0.3, 0.4) is 0 Å². The first-order valence-corrected chi connectivity index (χ1v) is 7.13. The van der Waals surface area contributed by atoms with E-state index in [1.54, 1.807) is 0 Å². The van der Waals surface area contributed by atoms with Crippen LogP contribution in [0, 0.1) is 17.8 Å². The molecule has 0 aromatic heterocycles. The fourth-order valence-corrected chi connectivity index (χ4v) is 2.76. The lowest BCUT2D eigenvalue weighted by atomic mass is 10.1. The number of amides is 2. The van der Waals surface area contributed by atoms with Gasteiger partial charge in [-0.15, -0.1) is 0 Å². The predicted molar refractivity (Wildman–Crippen MR) is 69.8 cm³/mol. The van der Waals surface area contributed by atoms with Gasteiger partial charge in [0, 0.05) is 24.9 Å². The van der Waals surface area contributed by atoms with Crippen molar-refractivity contribution >= 4 is 11.8 Å². The van der Waals surface area contributed by atoms with Crippen LogP contribution in [0.1, 0.15) is 46.0 Å². The molecule has 2 rings (SSSR count). The van der Waals surface area contributed by atoms with E-state index in [2.05, 4.69) is 24.5 Å². The van der Waals surface area contributed by atoms with Crippen molar-refractivity contribution < 1.29 is 9.59 Å². The van der Waals surface area contributed by atoms with E-state index in [1.807, 2.05) is 0 Å². The maximum Gasteiger partial charge on any atom is 0.223 e. The molecule has 18 heavy (non-hydrogen) atoms. The Morgan fingerprint density at radius 2 is 1.89 bits per heavy atom. The summed E-state index contributed by atoms with van der Waals surface area (Å²) in [6.45, 7) is 4.78. The summed E-state index contributed by atoms with van der Waals surface area (Å²) in [5.41, 5.74) is 0. The summed E-state index contributed by atoms with van der Waals surface area (Å²) in [6.07, 6.45) is 4.80. The fourth-order valence-electron chi connectivity index (χ4n) is 2.76. The molecular formula is C14H24N2O2. The summed E-state index contributed by atoms with van der Waals surface area (Å²) >= 11 is 0. The van der Waals surface area contributed by atoms with Gasteiger partial charge in [-0.05, 0) is 37.5 Å². The zero-order chi connectivity index (χ0) is 13.1. The second-order valence-electron chi connectivity index (χ2n) is 6.04. The maximum atomic E-state index is 11.7. The molecule has 4 heteroatoms. The van der Waals surface area contributed by atoms with Crippen LogP contribution in [0.2, 0.25) is 0 Å². The first-order chi connectivity index (χ1) is 8.56. The van der Waals surface area contributed by atoms with Crippen LogP contribution in [-0.4, -0.2) is 24.4 Å². The molecule has 2 amide bonds. The predicted octanol–water partition coefficient (Wildman–Crippen LogP) is 1.45. The Balaban J connectivity index is 1.56. The van der Waals surface area contributed by atoms with Crippen molar-refractivity contribution in [1.29, 1.82) is 0 Å². The molecule has 2 aliphatic rings. The minimum atomic E-state index is 0.0678. The molecule has 0 radical (unpaired) electrons. The third-order valence-electron chi connectivity index (χ3n) is 4.16. The molecule has 2 saturated carbocycles.